The van der Waals surface area contributed by atoms with E-state index in [1.807, 2.05) is 37.3 Å². The van der Waals surface area contributed by atoms with Crippen molar-refractivity contribution in [3.8, 4) is 0 Å². The fourth-order valence-electron chi connectivity index (χ4n) is 4.29. The molecule has 1 atom stereocenters. The number of amides is 2. The topological polar surface area (TPSA) is 134 Å². The Balaban J connectivity index is 0.00000118. The minimum atomic E-state index is -0.795. The van der Waals surface area contributed by atoms with Gasteiger partial charge in [-0.05, 0) is 54.6 Å². The van der Waals surface area contributed by atoms with Gasteiger partial charge in [-0.3, -0.25) is 19.6 Å². The number of hydrogen-bond acceptors (Lipinski definition) is 7. The van der Waals surface area contributed by atoms with Crippen LogP contribution in [-0.4, -0.2) is 50.2 Å². The summed E-state index contributed by atoms with van der Waals surface area (Å²) in [6.45, 7) is 2.83. The van der Waals surface area contributed by atoms with E-state index < -0.39 is 6.04 Å². The molecule has 0 bridgehead atoms. The highest BCUT2D eigenvalue weighted by Gasteiger charge is 2.36. The number of rotatable bonds is 6. The number of nitrogens with zero attached hydrogens (tertiary/aromatic N) is 4. The lowest BCUT2D eigenvalue weighted by atomic mass is 10.0. The summed E-state index contributed by atoms with van der Waals surface area (Å²) in [7, 11) is 0. The van der Waals surface area contributed by atoms with Crippen LogP contribution < -0.4 is 11.1 Å². The number of pyridine rings is 2. The average molecular weight is 557 g/mol. The Bertz CT molecular complexity index is 1480. The van der Waals surface area contributed by atoms with Crippen molar-refractivity contribution in [1.29, 1.82) is 0 Å². The van der Waals surface area contributed by atoms with Crippen LogP contribution in [0.3, 0.4) is 0 Å². The minimum absolute atomic E-state index is 0.182. The van der Waals surface area contributed by atoms with Gasteiger partial charge in [0.05, 0.1) is 16.9 Å². The zero-order chi connectivity index (χ0) is 28.5. The molecule has 0 fully saturated rings. The lowest BCUT2D eigenvalue weighted by Gasteiger charge is -2.29. The number of fused-ring (bicyclic) bond motifs is 1. The molecule has 9 nitrogen and oxygen atoms in total. The first-order valence-corrected chi connectivity index (χ1v) is 13.1. The fraction of sp³-hybridized carbons (Fsp3) is 0.167. The molecular weight excluding hydrogens is 528 g/mol. The van der Waals surface area contributed by atoms with E-state index in [9.17, 15) is 14.8 Å². The van der Waals surface area contributed by atoms with Crippen LogP contribution in [-0.2, 0) is 17.8 Å². The number of nitrogens with two attached hydrogens (primary N) is 1. The van der Waals surface area contributed by atoms with E-state index >= 15 is 0 Å². The largest absolute Gasteiger partial charge is 0.410 e. The van der Waals surface area contributed by atoms with Crippen molar-refractivity contribution in [1.82, 2.24) is 14.9 Å². The van der Waals surface area contributed by atoms with Gasteiger partial charge < -0.3 is 21.2 Å². The van der Waals surface area contributed by atoms with Gasteiger partial charge in [-0.15, -0.1) is 0 Å². The first kappa shape index (κ1) is 28.4. The highest BCUT2D eigenvalue weighted by atomic mass is 35.5. The molecule has 0 radical (unpaired) electrons. The van der Waals surface area contributed by atoms with E-state index in [1.165, 1.54) is 0 Å². The van der Waals surface area contributed by atoms with Crippen LogP contribution in [0.4, 0.5) is 5.69 Å². The summed E-state index contributed by atoms with van der Waals surface area (Å²) >= 11 is 6.14. The molecule has 1 unspecified atom stereocenters. The molecule has 5 rings (SSSR count). The van der Waals surface area contributed by atoms with Crippen LogP contribution in [0, 0.1) is 0 Å². The van der Waals surface area contributed by atoms with Crippen LogP contribution >= 0.6 is 11.6 Å². The molecule has 1 aliphatic heterocycles. The van der Waals surface area contributed by atoms with Crippen molar-refractivity contribution < 1.29 is 14.8 Å². The van der Waals surface area contributed by atoms with Gasteiger partial charge in [-0.25, -0.2) is 0 Å². The third-order valence-corrected chi connectivity index (χ3v) is 6.36. The van der Waals surface area contributed by atoms with E-state index in [0.717, 1.165) is 12.1 Å². The minimum Gasteiger partial charge on any atom is -0.410 e. The number of benzene rings is 2. The molecule has 2 aromatic carbocycles. The molecule has 0 aliphatic carbocycles. The Morgan fingerprint density at radius 1 is 1.02 bits per heavy atom. The summed E-state index contributed by atoms with van der Waals surface area (Å²) < 4.78 is 0. The normalized spacial score (nSPS) is 14.9. The standard InChI is InChI=1S/C28H22ClN5O3.C2H7N/c29-20-11-12-22-24(15-20)32-27(35)25(16-21-5-1-3-13-30-21)34(28(22)36)17-18-7-9-19(10-8-18)26(33-37)23-6-2-4-14-31-23;1-2-3/h1-15,25,37H,16-17H2,(H,32,35);2-3H2,1H3/b33-26-;. The monoisotopic (exact) mass is 556 g/mol. The second-order valence-corrected chi connectivity index (χ2v) is 9.36. The molecule has 0 saturated carbocycles. The van der Waals surface area contributed by atoms with Gasteiger partial charge in [0.2, 0.25) is 5.91 Å². The molecule has 2 amide bonds. The number of carbonyl (C=O) groups excluding carboxylic acids is 2. The molecule has 4 N–H and O–H groups in total. The summed E-state index contributed by atoms with van der Waals surface area (Å²) in [5, 5.41) is 16.3. The van der Waals surface area contributed by atoms with Crippen molar-refractivity contribution >= 4 is 34.8 Å². The highest BCUT2D eigenvalue weighted by Crippen LogP contribution is 2.28. The predicted molar refractivity (Wildman–Crippen MR) is 155 cm³/mol. The lowest BCUT2D eigenvalue weighted by Crippen LogP contribution is -2.46. The molecule has 0 saturated heterocycles. The fourth-order valence-corrected chi connectivity index (χ4v) is 4.46. The molecular formula is C30H29ClN6O3. The maximum absolute atomic E-state index is 13.7. The van der Waals surface area contributed by atoms with Crippen LogP contribution in [0.1, 0.15) is 39.8 Å². The Morgan fingerprint density at radius 3 is 2.35 bits per heavy atom. The molecule has 40 heavy (non-hydrogen) atoms. The molecule has 204 valence electrons. The molecule has 10 heteroatoms. The summed E-state index contributed by atoms with van der Waals surface area (Å²) in [6.07, 6.45) is 3.53. The second-order valence-electron chi connectivity index (χ2n) is 8.92. The summed E-state index contributed by atoms with van der Waals surface area (Å²) in [6, 6.07) is 22.1. The van der Waals surface area contributed by atoms with Gasteiger partial charge in [-0.1, -0.05) is 60.1 Å². The number of anilines is 1. The van der Waals surface area contributed by atoms with Crippen molar-refractivity contribution in [2.45, 2.75) is 25.9 Å². The van der Waals surface area contributed by atoms with Crippen LogP contribution in [0.25, 0.3) is 0 Å². The third kappa shape index (κ3) is 6.69. The molecule has 1 aliphatic rings. The number of carbonyl (C=O) groups is 2. The Morgan fingerprint density at radius 2 is 1.73 bits per heavy atom. The third-order valence-electron chi connectivity index (χ3n) is 6.13. The van der Waals surface area contributed by atoms with E-state index in [4.69, 9.17) is 17.3 Å². The number of nitrogens with one attached hydrogen (secondary N) is 1. The maximum atomic E-state index is 13.7. The van der Waals surface area contributed by atoms with E-state index in [-0.39, 0.29) is 24.8 Å². The van der Waals surface area contributed by atoms with Crippen molar-refractivity contribution in [3.63, 3.8) is 0 Å². The zero-order valence-corrected chi connectivity index (χ0v) is 22.6. The number of halogens is 1. The van der Waals surface area contributed by atoms with Crippen LogP contribution in [0.15, 0.2) is 96.4 Å². The van der Waals surface area contributed by atoms with Gasteiger partial charge in [0.1, 0.15) is 11.8 Å². The van der Waals surface area contributed by atoms with Crippen LogP contribution in [0.2, 0.25) is 5.02 Å². The quantitative estimate of drug-likeness (QED) is 0.181. The van der Waals surface area contributed by atoms with Crippen LogP contribution in [0.5, 0.6) is 0 Å². The molecule has 2 aromatic heterocycles. The van der Waals surface area contributed by atoms with E-state index in [0.29, 0.717) is 38.9 Å². The Labute approximate surface area is 237 Å². The highest BCUT2D eigenvalue weighted by molar-refractivity contribution is 6.31. The predicted octanol–water partition coefficient (Wildman–Crippen LogP) is 4.53. The maximum Gasteiger partial charge on any atom is 0.256 e. The second kappa shape index (κ2) is 13.5. The van der Waals surface area contributed by atoms with Crippen molar-refractivity contribution in [2.75, 3.05) is 11.9 Å². The first-order valence-electron chi connectivity index (χ1n) is 12.7. The zero-order valence-electron chi connectivity index (χ0n) is 21.9. The number of hydrogen-bond donors (Lipinski definition) is 3. The number of aromatic nitrogens is 2. The van der Waals surface area contributed by atoms with Crippen molar-refractivity contribution in [2.24, 2.45) is 10.9 Å². The van der Waals surface area contributed by atoms with Gasteiger partial charge in [0.25, 0.3) is 5.91 Å². The average Bonchev–Trinajstić information content (AvgIpc) is 3.05. The van der Waals surface area contributed by atoms with Crippen molar-refractivity contribution in [3.05, 3.63) is 124 Å². The summed E-state index contributed by atoms with van der Waals surface area (Å²) in [5.41, 5.74) is 8.60. The smallest absolute Gasteiger partial charge is 0.256 e. The SMILES string of the molecule is CCN.O=C1Nc2cc(Cl)ccc2C(=O)N(Cc2ccc(/C(=N/O)c3ccccn3)cc2)C1Cc1ccccn1. The first-order chi connectivity index (χ1) is 19.4. The summed E-state index contributed by atoms with van der Waals surface area (Å²) in [5.74, 6) is -0.609. The van der Waals surface area contributed by atoms with Gasteiger partial charge in [0.15, 0.2) is 0 Å². The Hall–Kier alpha value is -4.60. The molecule has 4 aromatic rings. The Kier molecular flexibility index (Phi) is 9.56. The summed E-state index contributed by atoms with van der Waals surface area (Å²) in [4.78, 5) is 37.2. The molecule has 3 heterocycles. The lowest BCUT2D eigenvalue weighted by molar-refractivity contribution is -0.120. The van der Waals surface area contributed by atoms with E-state index in [1.54, 1.807) is 65.8 Å². The van der Waals surface area contributed by atoms with E-state index in [2.05, 4.69) is 20.4 Å². The number of oxime groups is 1. The van der Waals surface area contributed by atoms with Gasteiger partial charge in [0, 0.05) is 41.6 Å². The van der Waals surface area contributed by atoms with Gasteiger partial charge in [-0.2, -0.15) is 0 Å². The molecule has 0 spiro atoms. The van der Waals surface area contributed by atoms with Gasteiger partial charge >= 0.3 is 0 Å².